The summed E-state index contributed by atoms with van der Waals surface area (Å²) in [5.41, 5.74) is 0.995. The highest BCUT2D eigenvalue weighted by Gasteiger charge is 2.28. The molecule has 1 atom stereocenters. The maximum Gasteiger partial charge on any atom is 0.203 e. The number of imidazole rings is 1. The van der Waals surface area contributed by atoms with Crippen LogP contribution in [0.15, 0.2) is 6.20 Å². The minimum absolute atomic E-state index is 0.232. The highest BCUT2D eigenvalue weighted by atomic mass is 32.2. The van der Waals surface area contributed by atoms with E-state index in [4.69, 9.17) is 0 Å². The Kier molecular flexibility index (Phi) is 4.24. The Hall–Kier alpha value is -1.04. The Morgan fingerprint density at radius 1 is 1.29 bits per heavy atom. The van der Waals surface area contributed by atoms with E-state index in [-0.39, 0.29) is 5.92 Å². The van der Waals surface area contributed by atoms with Crippen LogP contribution in [-0.4, -0.2) is 35.5 Å². The van der Waals surface area contributed by atoms with Crippen molar-refractivity contribution >= 4 is 15.8 Å². The summed E-state index contributed by atoms with van der Waals surface area (Å²) in [5.74, 6) is 1.82. The Morgan fingerprint density at radius 2 is 2.05 bits per heavy atom. The van der Waals surface area contributed by atoms with Gasteiger partial charge in [-0.3, -0.25) is 0 Å². The molecule has 1 saturated carbocycles. The molecule has 2 heterocycles. The lowest BCUT2D eigenvalue weighted by Gasteiger charge is -2.24. The molecule has 0 spiro atoms. The number of hydrogen-bond acceptors (Lipinski definition) is 4. The molecule has 1 aromatic rings. The maximum absolute atomic E-state index is 11.6. The number of rotatable bonds is 4. The fourth-order valence-corrected chi connectivity index (χ4v) is 5.37. The van der Waals surface area contributed by atoms with Crippen LogP contribution in [0.4, 0.5) is 5.95 Å². The van der Waals surface area contributed by atoms with Crippen molar-refractivity contribution in [3.63, 3.8) is 0 Å². The zero-order chi connectivity index (χ0) is 14.9. The average molecular weight is 311 g/mol. The fourth-order valence-electron chi connectivity index (χ4n) is 3.52. The number of nitrogens with zero attached hydrogens (tertiary/aromatic N) is 2. The number of aromatic nitrogens is 2. The van der Waals surface area contributed by atoms with Crippen LogP contribution >= 0.6 is 0 Å². The van der Waals surface area contributed by atoms with Crippen LogP contribution in [0.25, 0.3) is 0 Å². The van der Waals surface area contributed by atoms with Gasteiger partial charge in [-0.2, -0.15) is 0 Å². The molecular weight excluding hydrogens is 286 g/mol. The van der Waals surface area contributed by atoms with Gasteiger partial charge in [-0.1, -0.05) is 19.3 Å². The summed E-state index contributed by atoms with van der Waals surface area (Å²) in [6.45, 7) is 2.75. The predicted molar refractivity (Wildman–Crippen MR) is 84.2 cm³/mol. The van der Waals surface area contributed by atoms with Crippen molar-refractivity contribution in [2.24, 2.45) is 5.92 Å². The predicted octanol–water partition coefficient (Wildman–Crippen LogP) is 2.37. The summed E-state index contributed by atoms with van der Waals surface area (Å²) in [6, 6.07) is 0.520. The third-order valence-electron chi connectivity index (χ3n) is 4.62. The van der Waals surface area contributed by atoms with Crippen LogP contribution in [0, 0.1) is 12.8 Å². The highest BCUT2D eigenvalue weighted by Crippen LogP contribution is 2.24. The summed E-state index contributed by atoms with van der Waals surface area (Å²) in [7, 11) is -2.80. The second-order valence-corrected chi connectivity index (χ2v) is 8.84. The molecule has 5 nitrogen and oxygen atoms in total. The summed E-state index contributed by atoms with van der Waals surface area (Å²) < 4.78 is 25.3. The zero-order valence-corrected chi connectivity index (χ0v) is 13.5. The first-order valence-corrected chi connectivity index (χ1v) is 9.85. The van der Waals surface area contributed by atoms with E-state index < -0.39 is 9.84 Å². The minimum atomic E-state index is -2.80. The molecule has 2 fully saturated rings. The number of aryl methyl sites for hydroxylation is 1. The van der Waals surface area contributed by atoms with Crippen molar-refractivity contribution in [3.8, 4) is 0 Å². The van der Waals surface area contributed by atoms with Gasteiger partial charge in [0.1, 0.15) is 0 Å². The van der Waals surface area contributed by atoms with E-state index in [2.05, 4.69) is 14.9 Å². The summed E-state index contributed by atoms with van der Waals surface area (Å²) in [4.78, 5) is 4.59. The normalized spacial score (nSPS) is 26.0. The van der Waals surface area contributed by atoms with E-state index in [0.717, 1.165) is 24.6 Å². The van der Waals surface area contributed by atoms with E-state index >= 15 is 0 Å². The molecule has 1 N–H and O–H groups in total. The first-order valence-electron chi connectivity index (χ1n) is 8.02. The van der Waals surface area contributed by atoms with Gasteiger partial charge in [-0.25, -0.2) is 13.4 Å². The van der Waals surface area contributed by atoms with Gasteiger partial charge in [0, 0.05) is 18.8 Å². The van der Waals surface area contributed by atoms with Crippen molar-refractivity contribution in [2.45, 2.75) is 58.0 Å². The molecule has 1 aliphatic carbocycles. The molecule has 0 bridgehead atoms. The standard InChI is InChI=1S/C15H25N3O2S/c1-12-9-18(10-13-7-8-21(19,20)11-13)15(16-12)17-14-5-3-2-4-6-14/h9,13-14H,2-8,10-11H2,1H3,(H,16,17). The maximum atomic E-state index is 11.6. The van der Waals surface area contributed by atoms with Gasteiger partial charge in [0.15, 0.2) is 9.84 Å². The first-order chi connectivity index (χ1) is 10.0. The lowest BCUT2D eigenvalue weighted by Crippen LogP contribution is -2.25. The molecule has 3 rings (SSSR count). The van der Waals surface area contributed by atoms with E-state index in [1.54, 1.807) is 0 Å². The molecule has 0 radical (unpaired) electrons. The molecule has 0 aromatic carbocycles. The van der Waals surface area contributed by atoms with Crippen molar-refractivity contribution in [2.75, 3.05) is 16.8 Å². The molecule has 1 saturated heterocycles. The monoisotopic (exact) mass is 311 g/mol. The van der Waals surface area contributed by atoms with Crippen LogP contribution in [0.2, 0.25) is 0 Å². The Morgan fingerprint density at radius 3 is 2.71 bits per heavy atom. The zero-order valence-electron chi connectivity index (χ0n) is 12.7. The molecule has 0 amide bonds. The second-order valence-electron chi connectivity index (χ2n) is 6.61. The van der Waals surface area contributed by atoms with Crippen molar-refractivity contribution < 1.29 is 8.42 Å². The van der Waals surface area contributed by atoms with Gasteiger partial charge in [0.2, 0.25) is 5.95 Å². The van der Waals surface area contributed by atoms with Crippen LogP contribution in [0.5, 0.6) is 0 Å². The van der Waals surface area contributed by atoms with E-state index in [9.17, 15) is 8.42 Å². The molecule has 1 unspecified atom stereocenters. The van der Waals surface area contributed by atoms with Crippen LogP contribution in [0.1, 0.15) is 44.2 Å². The third-order valence-corrected chi connectivity index (χ3v) is 6.45. The topological polar surface area (TPSA) is 64.0 Å². The molecular formula is C15H25N3O2S. The molecule has 1 aromatic heterocycles. The molecule has 2 aliphatic rings. The third kappa shape index (κ3) is 3.78. The number of hydrogen-bond donors (Lipinski definition) is 1. The summed E-state index contributed by atoms with van der Waals surface area (Å²) in [6.07, 6.45) is 9.16. The quantitative estimate of drug-likeness (QED) is 0.927. The Labute approximate surface area is 127 Å². The summed E-state index contributed by atoms with van der Waals surface area (Å²) >= 11 is 0. The van der Waals surface area contributed by atoms with Crippen molar-refractivity contribution in [1.29, 1.82) is 0 Å². The van der Waals surface area contributed by atoms with Gasteiger partial charge in [0.25, 0.3) is 0 Å². The lowest BCUT2D eigenvalue weighted by molar-refractivity contribution is 0.452. The van der Waals surface area contributed by atoms with E-state index in [1.807, 2.05) is 13.1 Å². The fraction of sp³-hybridized carbons (Fsp3) is 0.800. The molecule has 21 heavy (non-hydrogen) atoms. The summed E-state index contributed by atoms with van der Waals surface area (Å²) in [5, 5.41) is 3.57. The highest BCUT2D eigenvalue weighted by molar-refractivity contribution is 7.91. The van der Waals surface area contributed by atoms with Crippen LogP contribution < -0.4 is 5.32 Å². The minimum Gasteiger partial charge on any atom is -0.353 e. The molecule has 118 valence electrons. The van der Waals surface area contributed by atoms with Crippen LogP contribution in [0.3, 0.4) is 0 Å². The SMILES string of the molecule is Cc1cn(CC2CCS(=O)(=O)C2)c(NC2CCCCC2)n1. The lowest BCUT2D eigenvalue weighted by atomic mass is 9.96. The van der Waals surface area contributed by atoms with Gasteiger partial charge >= 0.3 is 0 Å². The Bertz CT molecular complexity index is 588. The van der Waals surface area contributed by atoms with Crippen molar-refractivity contribution in [3.05, 3.63) is 11.9 Å². The van der Waals surface area contributed by atoms with E-state index in [0.29, 0.717) is 17.5 Å². The molecule has 1 aliphatic heterocycles. The van der Waals surface area contributed by atoms with E-state index in [1.165, 1.54) is 32.1 Å². The number of anilines is 1. The number of nitrogens with one attached hydrogen (secondary N) is 1. The van der Waals surface area contributed by atoms with Gasteiger partial charge < -0.3 is 9.88 Å². The number of sulfone groups is 1. The van der Waals surface area contributed by atoms with Gasteiger partial charge in [0.05, 0.1) is 17.2 Å². The average Bonchev–Trinajstić information content (AvgIpc) is 2.94. The smallest absolute Gasteiger partial charge is 0.203 e. The van der Waals surface area contributed by atoms with Crippen molar-refractivity contribution in [1.82, 2.24) is 9.55 Å². The van der Waals surface area contributed by atoms with Crippen LogP contribution in [-0.2, 0) is 16.4 Å². The van der Waals surface area contributed by atoms with Gasteiger partial charge in [-0.05, 0) is 32.1 Å². The molecule has 6 heteroatoms. The largest absolute Gasteiger partial charge is 0.353 e. The van der Waals surface area contributed by atoms with Gasteiger partial charge in [-0.15, -0.1) is 0 Å². The second kappa shape index (κ2) is 5.99. The first kappa shape index (κ1) is 14.9. The Balaban J connectivity index is 1.67.